The van der Waals surface area contributed by atoms with Crippen LogP contribution in [0, 0.1) is 28.9 Å². The predicted octanol–water partition coefficient (Wildman–Crippen LogP) is 7.04. The van der Waals surface area contributed by atoms with Gasteiger partial charge in [0.15, 0.2) is 11.6 Å². The van der Waals surface area contributed by atoms with Crippen LogP contribution in [0.4, 0.5) is 8.78 Å². The van der Waals surface area contributed by atoms with Crippen LogP contribution in [-0.2, 0) is 11.8 Å². The van der Waals surface area contributed by atoms with E-state index in [0.29, 0.717) is 18.0 Å². The first-order chi connectivity index (χ1) is 15.5. The lowest BCUT2D eigenvalue weighted by Crippen LogP contribution is -2.39. The maximum absolute atomic E-state index is 14.1. The fourth-order valence-corrected chi connectivity index (χ4v) is 5.54. The summed E-state index contributed by atoms with van der Waals surface area (Å²) in [5.41, 5.74) is 1.23. The summed E-state index contributed by atoms with van der Waals surface area (Å²) in [4.78, 5) is 2.51. The Morgan fingerprint density at radius 1 is 1.06 bits per heavy atom. The Labute approximate surface area is 192 Å². The van der Waals surface area contributed by atoms with Crippen LogP contribution in [0.2, 0.25) is 0 Å². The third-order valence-corrected chi connectivity index (χ3v) is 7.48. The zero-order valence-electron chi connectivity index (χ0n) is 19.5. The Morgan fingerprint density at radius 2 is 1.78 bits per heavy atom. The lowest BCUT2D eigenvalue weighted by Gasteiger charge is -2.37. The molecule has 1 fully saturated rings. The molecule has 0 aliphatic heterocycles. The minimum atomic E-state index is -0.856. The molecule has 1 saturated carbocycles. The van der Waals surface area contributed by atoms with E-state index < -0.39 is 17.0 Å². The number of hydrogen-bond donors (Lipinski definition) is 0. The Kier molecular flexibility index (Phi) is 8.82. The molecule has 2 atom stereocenters. The topological polar surface area (TPSA) is 27.0 Å². The van der Waals surface area contributed by atoms with Crippen molar-refractivity contribution in [2.75, 3.05) is 13.1 Å². The highest BCUT2D eigenvalue weighted by Gasteiger charge is 2.42. The van der Waals surface area contributed by atoms with Crippen molar-refractivity contribution >= 4 is 0 Å². The van der Waals surface area contributed by atoms with Crippen molar-refractivity contribution in [2.45, 2.75) is 76.7 Å². The highest BCUT2D eigenvalue weighted by atomic mass is 19.2. The summed E-state index contributed by atoms with van der Waals surface area (Å²) in [5, 5.41) is 10.4. The maximum atomic E-state index is 14.1. The normalized spacial score (nSPS) is 17.2. The Balaban J connectivity index is 1.78. The standard InChI is InChI=1S/C28H36F2N2/c1-3-25(32(4-2)19-17-22-10-6-5-7-11-22)16-18-28(21-31,23-12-8-9-13-23)24-14-15-26(29)27(30)20-24/h5-7,10-11,14-15,20,23,25H,3-4,8-9,12-13,16-19H2,1-2H3. The van der Waals surface area contributed by atoms with Crippen molar-refractivity contribution in [2.24, 2.45) is 5.92 Å². The molecule has 1 aliphatic carbocycles. The Morgan fingerprint density at radius 3 is 2.38 bits per heavy atom. The lowest BCUT2D eigenvalue weighted by atomic mass is 9.67. The van der Waals surface area contributed by atoms with Crippen molar-refractivity contribution in [1.29, 1.82) is 5.26 Å². The number of benzene rings is 2. The molecule has 0 aromatic heterocycles. The van der Waals surface area contributed by atoms with E-state index in [1.165, 1.54) is 17.7 Å². The monoisotopic (exact) mass is 438 g/mol. The molecular formula is C28H36F2N2. The van der Waals surface area contributed by atoms with E-state index in [4.69, 9.17) is 0 Å². The molecular weight excluding hydrogens is 402 g/mol. The lowest BCUT2D eigenvalue weighted by molar-refractivity contribution is 0.175. The van der Waals surface area contributed by atoms with Gasteiger partial charge in [0.25, 0.3) is 0 Å². The van der Waals surface area contributed by atoms with E-state index >= 15 is 0 Å². The quantitative estimate of drug-likeness (QED) is 0.376. The van der Waals surface area contributed by atoms with Crippen molar-refractivity contribution in [3.63, 3.8) is 0 Å². The zero-order chi connectivity index (χ0) is 23.0. The van der Waals surface area contributed by atoms with Crippen molar-refractivity contribution in [3.8, 4) is 6.07 Å². The van der Waals surface area contributed by atoms with Crippen LogP contribution in [0.3, 0.4) is 0 Å². The SMILES string of the molecule is CCC(CCC(C#N)(c1ccc(F)c(F)c1)C1CCCC1)N(CC)CCc1ccccc1. The van der Waals surface area contributed by atoms with Gasteiger partial charge in [-0.3, -0.25) is 0 Å². The number of rotatable bonds is 11. The molecule has 0 radical (unpaired) electrons. The summed E-state index contributed by atoms with van der Waals surface area (Å²) in [6.45, 7) is 6.33. The first kappa shape index (κ1) is 24.4. The molecule has 2 unspecified atom stereocenters. The Hall–Kier alpha value is -2.25. The zero-order valence-corrected chi connectivity index (χ0v) is 19.5. The second-order valence-electron chi connectivity index (χ2n) is 9.16. The molecule has 0 spiro atoms. The number of likely N-dealkylation sites (N-methyl/N-ethyl adjacent to an activating group) is 1. The van der Waals surface area contributed by atoms with E-state index in [2.05, 4.69) is 49.1 Å². The van der Waals surface area contributed by atoms with Crippen molar-refractivity contribution in [3.05, 3.63) is 71.3 Å². The van der Waals surface area contributed by atoms with Crippen LogP contribution in [0.15, 0.2) is 48.5 Å². The average Bonchev–Trinajstić information content (AvgIpc) is 3.36. The van der Waals surface area contributed by atoms with Gasteiger partial charge in [-0.1, -0.05) is 63.1 Å². The number of halogens is 2. The van der Waals surface area contributed by atoms with E-state index in [-0.39, 0.29) is 5.92 Å². The third kappa shape index (κ3) is 5.56. The number of nitrogens with zero attached hydrogens (tertiary/aromatic N) is 2. The summed E-state index contributed by atoms with van der Waals surface area (Å²) in [5.74, 6) is -1.50. The van der Waals surface area contributed by atoms with E-state index in [0.717, 1.165) is 58.0 Å². The fourth-order valence-electron chi connectivity index (χ4n) is 5.54. The Bertz CT molecular complexity index is 886. The summed E-state index contributed by atoms with van der Waals surface area (Å²) in [7, 11) is 0. The molecule has 3 rings (SSSR count). The molecule has 0 amide bonds. The summed E-state index contributed by atoms with van der Waals surface area (Å²) >= 11 is 0. The van der Waals surface area contributed by atoms with Crippen LogP contribution in [-0.4, -0.2) is 24.0 Å². The molecule has 1 aliphatic rings. The van der Waals surface area contributed by atoms with Gasteiger partial charge < -0.3 is 4.90 Å². The van der Waals surface area contributed by atoms with Gasteiger partial charge in [0.1, 0.15) is 0 Å². The summed E-state index contributed by atoms with van der Waals surface area (Å²) < 4.78 is 27.8. The maximum Gasteiger partial charge on any atom is 0.159 e. The molecule has 0 heterocycles. The molecule has 172 valence electrons. The van der Waals surface area contributed by atoms with Crippen molar-refractivity contribution in [1.82, 2.24) is 4.90 Å². The molecule has 0 bridgehead atoms. The van der Waals surface area contributed by atoms with E-state index in [1.54, 1.807) is 6.07 Å². The van der Waals surface area contributed by atoms with E-state index in [1.807, 2.05) is 6.07 Å². The van der Waals surface area contributed by atoms with Gasteiger partial charge in [-0.2, -0.15) is 5.26 Å². The predicted molar refractivity (Wildman–Crippen MR) is 126 cm³/mol. The highest BCUT2D eigenvalue weighted by Crippen LogP contribution is 2.46. The van der Waals surface area contributed by atoms with Gasteiger partial charge in [-0.05, 0) is 74.2 Å². The van der Waals surface area contributed by atoms with Gasteiger partial charge in [0.05, 0.1) is 11.5 Å². The summed E-state index contributed by atoms with van der Waals surface area (Å²) in [6, 6.07) is 17.6. The minimum absolute atomic E-state index is 0.203. The fraction of sp³-hybridized carbons (Fsp3) is 0.536. The number of nitriles is 1. The van der Waals surface area contributed by atoms with Gasteiger partial charge in [0, 0.05) is 12.6 Å². The van der Waals surface area contributed by atoms with Crippen molar-refractivity contribution < 1.29 is 8.78 Å². The third-order valence-electron chi connectivity index (χ3n) is 7.48. The molecule has 0 N–H and O–H groups in total. The van der Waals surface area contributed by atoms with E-state index in [9.17, 15) is 14.0 Å². The molecule has 2 aromatic carbocycles. The summed E-state index contributed by atoms with van der Waals surface area (Å²) in [6.07, 6.45) is 7.73. The second-order valence-corrected chi connectivity index (χ2v) is 9.16. The highest BCUT2D eigenvalue weighted by molar-refractivity contribution is 5.35. The molecule has 0 saturated heterocycles. The molecule has 2 nitrogen and oxygen atoms in total. The van der Waals surface area contributed by atoms with Crippen LogP contribution < -0.4 is 0 Å². The van der Waals surface area contributed by atoms with Crippen LogP contribution in [0.5, 0.6) is 0 Å². The largest absolute Gasteiger partial charge is 0.300 e. The second kappa shape index (κ2) is 11.6. The minimum Gasteiger partial charge on any atom is -0.300 e. The van der Waals surface area contributed by atoms with Gasteiger partial charge in [-0.15, -0.1) is 0 Å². The molecule has 2 aromatic rings. The van der Waals surface area contributed by atoms with Gasteiger partial charge in [-0.25, -0.2) is 8.78 Å². The first-order valence-corrected chi connectivity index (χ1v) is 12.2. The molecule has 32 heavy (non-hydrogen) atoms. The number of hydrogen-bond acceptors (Lipinski definition) is 2. The molecule has 4 heteroatoms. The first-order valence-electron chi connectivity index (χ1n) is 12.2. The smallest absolute Gasteiger partial charge is 0.159 e. The van der Waals surface area contributed by atoms with Gasteiger partial charge in [0.2, 0.25) is 0 Å². The van der Waals surface area contributed by atoms with Crippen LogP contribution >= 0.6 is 0 Å². The van der Waals surface area contributed by atoms with Crippen LogP contribution in [0.25, 0.3) is 0 Å². The average molecular weight is 439 g/mol. The van der Waals surface area contributed by atoms with Crippen LogP contribution in [0.1, 0.15) is 69.9 Å². The van der Waals surface area contributed by atoms with Gasteiger partial charge >= 0.3 is 0 Å².